The first-order valence-electron chi connectivity index (χ1n) is 5.55. The maximum Gasteiger partial charge on any atom is 0.119 e. The number of nitrogens with zero attached hydrogens (tertiary/aromatic N) is 1. The molecule has 0 radical (unpaired) electrons. The largest absolute Gasteiger partial charge is 0.489 e. The Morgan fingerprint density at radius 1 is 1.12 bits per heavy atom. The Hall–Kier alpha value is -1.87. The van der Waals surface area contributed by atoms with Crippen molar-refractivity contribution in [2.75, 3.05) is 0 Å². The molecule has 3 nitrogen and oxygen atoms in total. The minimum Gasteiger partial charge on any atom is -0.489 e. The summed E-state index contributed by atoms with van der Waals surface area (Å²) in [6.45, 7) is 2.27. The highest BCUT2D eigenvalue weighted by molar-refractivity contribution is 5.28. The number of aliphatic hydroxyl groups is 1. The zero-order valence-electron chi connectivity index (χ0n) is 9.71. The number of aliphatic hydroxyl groups excluding tert-OH is 1. The van der Waals surface area contributed by atoms with E-state index in [9.17, 15) is 5.11 Å². The molecule has 0 aliphatic heterocycles. The lowest BCUT2D eigenvalue weighted by Crippen LogP contribution is -1.96. The molecule has 0 aliphatic carbocycles. The first-order chi connectivity index (χ1) is 8.25. The topological polar surface area (TPSA) is 42.4 Å². The molecule has 3 heteroatoms. The Kier molecular flexibility index (Phi) is 3.73. The second-order valence-corrected chi connectivity index (χ2v) is 3.89. The van der Waals surface area contributed by atoms with Crippen LogP contribution >= 0.6 is 0 Å². The summed E-state index contributed by atoms with van der Waals surface area (Å²) in [6.07, 6.45) is 3.05. The molecule has 0 fully saturated rings. The quantitative estimate of drug-likeness (QED) is 0.876. The Balaban J connectivity index is 1.96. The third kappa shape index (κ3) is 3.29. The number of benzene rings is 1. The molecule has 1 aromatic heterocycles. The normalized spacial score (nSPS) is 12.1. The van der Waals surface area contributed by atoms with Gasteiger partial charge in [0.25, 0.3) is 0 Å². The van der Waals surface area contributed by atoms with E-state index in [2.05, 4.69) is 4.98 Å². The molecule has 0 aliphatic rings. The maximum atomic E-state index is 9.37. The number of hydrogen-bond acceptors (Lipinski definition) is 3. The van der Waals surface area contributed by atoms with Crippen LogP contribution in [0, 0.1) is 0 Å². The van der Waals surface area contributed by atoms with Crippen molar-refractivity contribution in [2.45, 2.75) is 19.6 Å². The fourth-order valence-electron chi connectivity index (χ4n) is 1.49. The van der Waals surface area contributed by atoms with Gasteiger partial charge in [0, 0.05) is 12.4 Å². The standard InChI is InChI=1S/C14H15NO2/c1-11(16)13-2-4-14(5-3-13)17-10-12-6-8-15-9-7-12/h2-9,11,16H,10H2,1H3. The Morgan fingerprint density at radius 3 is 2.35 bits per heavy atom. The lowest BCUT2D eigenvalue weighted by atomic mass is 10.1. The molecule has 1 unspecified atom stereocenters. The van der Waals surface area contributed by atoms with Gasteiger partial charge in [0.05, 0.1) is 6.10 Å². The predicted octanol–water partition coefficient (Wildman–Crippen LogP) is 2.71. The van der Waals surface area contributed by atoms with E-state index in [-0.39, 0.29) is 0 Å². The van der Waals surface area contributed by atoms with Crippen molar-refractivity contribution >= 4 is 0 Å². The second kappa shape index (κ2) is 5.46. The van der Waals surface area contributed by atoms with Crippen molar-refractivity contribution in [3.05, 3.63) is 59.9 Å². The molecular formula is C14H15NO2. The van der Waals surface area contributed by atoms with E-state index in [1.807, 2.05) is 36.4 Å². The smallest absolute Gasteiger partial charge is 0.119 e. The van der Waals surface area contributed by atoms with Crippen LogP contribution in [0.25, 0.3) is 0 Å². The summed E-state index contributed by atoms with van der Waals surface area (Å²) in [7, 11) is 0. The van der Waals surface area contributed by atoms with Gasteiger partial charge in [-0.05, 0) is 42.3 Å². The molecule has 2 aromatic rings. The number of aromatic nitrogens is 1. The van der Waals surface area contributed by atoms with Crippen LogP contribution in [0.5, 0.6) is 5.75 Å². The van der Waals surface area contributed by atoms with Gasteiger partial charge in [0.15, 0.2) is 0 Å². The van der Waals surface area contributed by atoms with Crippen molar-refractivity contribution < 1.29 is 9.84 Å². The highest BCUT2D eigenvalue weighted by atomic mass is 16.5. The molecule has 0 amide bonds. The van der Waals surface area contributed by atoms with Crippen LogP contribution in [0.4, 0.5) is 0 Å². The first kappa shape index (κ1) is 11.6. The molecule has 17 heavy (non-hydrogen) atoms. The molecule has 1 atom stereocenters. The number of hydrogen-bond donors (Lipinski definition) is 1. The minimum atomic E-state index is -0.441. The Labute approximate surface area is 101 Å². The van der Waals surface area contributed by atoms with Crippen molar-refractivity contribution in [2.24, 2.45) is 0 Å². The number of ether oxygens (including phenoxy) is 1. The maximum absolute atomic E-state index is 9.37. The molecule has 1 heterocycles. The monoisotopic (exact) mass is 229 g/mol. The van der Waals surface area contributed by atoms with Gasteiger partial charge in [-0.3, -0.25) is 4.98 Å². The van der Waals surface area contributed by atoms with E-state index in [0.717, 1.165) is 16.9 Å². The second-order valence-electron chi connectivity index (χ2n) is 3.89. The Bertz CT molecular complexity index is 451. The lowest BCUT2D eigenvalue weighted by molar-refractivity contribution is 0.199. The highest BCUT2D eigenvalue weighted by Crippen LogP contribution is 2.18. The fourth-order valence-corrected chi connectivity index (χ4v) is 1.49. The van der Waals surface area contributed by atoms with Gasteiger partial charge < -0.3 is 9.84 Å². The molecule has 0 saturated heterocycles. The first-order valence-corrected chi connectivity index (χ1v) is 5.55. The van der Waals surface area contributed by atoms with Gasteiger partial charge in [0.2, 0.25) is 0 Å². The van der Waals surface area contributed by atoms with Crippen LogP contribution in [0.1, 0.15) is 24.2 Å². The van der Waals surface area contributed by atoms with Crippen molar-refractivity contribution in [1.29, 1.82) is 0 Å². The summed E-state index contributed by atoms with van der Waals surface area (Å²) < 4.78 is 5.62. The summed E-state index contributed by atoms with van der Waals surface area (Å²) in [5, 5.41) is 9.37. The molecule has 1 aromatic carbocycles. The lowest BCUT2D eigenvalue weighted by Gasteiger charge is -2.08. The molecule has 0 bridgehead atoms. The molecule has 0 saturated carbocycles. The van der Waals surface area contributed by atoms with E-state index in [1.165, 1.54) is 0 Å². The zero-order valence-corrected chi connectivity index (χ0v) is 9.71. The van der Waals surface area contributed by atoms with Gasteiger partial charge in [-0.1, -0.05) is 12.1 Å². The van der Waals surface area contributed by atoms with Gasteiger partial charge in [0.1, 0.15) is 12.4 Å². The molecule has 2 rings (SSSR count). The summed E-state index contributed by atoms with van der Waals surface area (Å²) >= 11 is 0. The molecule has 0 spiro atoms. The SMILES string of the molecule is CC(O)c1ccc(OCc2ccncc2)cc1. The average molecular weight is 229 g/mol. The summed E-state index contributed by atoms with van der Waals surface area (Å²) in [5.74, 6) is 0.797. The summed E-state index contributed by atoms with van der Waals surface area (Å²) in [6, 6.07) is 11.3. The number of rotatable bonds is 4. The van der Waals surface area contributed by atoms with Crippen LogP contribution < -0.4 is 4.74 Å². The third-order valence-corrected chi connectivity index (χ3v) is 2.52. The van der Waals surface area contributed by atoms with E-state index < -0.39 is 6.10 Å². The van der Waals surface area contributed by atoms with Crippen molar-refractivity contribution in [1.82, 2.24) is 4.98 Å². The van der Waals surface area contributed by atoms with E-state index in [0.29, 0.717) is 6.61 Å². The predicted molar refractivity (Wildman–Crippen MR) is 65.6 cm³/mol. The van der Waals surface area contributed by atoms with Crippen LogP contribution in [-0.4, -0.2) is 10.1 Å². The average Bonchev–Trinajstić information content (AvgIpc) is 2.38. The van der Waals surface area contributed by atoms with Gasteiger partial charge in [-0.25, -0.2) is 0 Å². The van der Waals surface area contributed by atoms with Gasteiger partial charge in [-0.15, -0.1) is 0 Å². The molecule has 88 valence electrons. The van der Waals surface area contributed by atoms with Crippen LogP contribution in [0.2, 0.25) is 0 Å². The van der Waals surface area contributed by atoms with Crippen LogP contribution in [-0.2, 0) is 6.61 Å². The van der Waals surface area contributed by atoms with E-state index in [4.69, 9.17) is 4.74 Å². The van der Waals surface area contributed by atoms with Gasteiger partial charge in [-0.2, -0.15) is 0 Å². The zero-order chi connectivity index (χ0) is 12.1. The van der Waals surface area contributed by atoms with Crippen LogP contribution in [0.15, 0.2) is 48.8 Å². The van der Waals surface area contributed by atoms with Gasteiger partial charge >= 0.3 is 0 Å². The van der Waals surface area contributed by atoms with E-state index in [1.54, 1.807) is 19.3 Å². The molecular weight excluding hydrogens is 214 g/mol. The number of pyridine rings is 1. The molecule has 1 N–H and O–H groups in total. The van der Waals surface area contributed by atoms with Crippen molar-refractivity contribution in [3.8, 4) is 5.75 Å². The summed E-state index contributed by atoms with van der Waals surface area (Å²) in [5.41, 5.74) is 1.97. The minimum absolute atomic E-state index is 0.441. The fraction of sp³-hybridized carbons (Fsp3) is 0.214. The van der Waals surface area contributed by atoms with Crippen LogP contribution in [0.3, 0.4) is 0 Å². The third-order valence-electron chi connectivity index (χ3n) is 2.52. The Morgan fingerprint density at radius 2 is 1.76 bits per heavy atom. The van der Waals surface area contributed by atoms with Crippen molar-refractivity contribution in [3.63, 3.8) is 0 Å². The highest BCUT2D eigenvalue weighted by Gasteiger charge is 2.00. The van der Waals surface area contributed by atoms with E-state index >= 15 is 0 Å². The summed E-state index contributed by atoms with van der Waals surface area (Å²) in [4.78, 5) is 3.95.